The molecule has 3 aromatic carbocycles. The molecule has 1 saturated heterocycles. The van der Waals surface area contributed by atoms with E-state index < -0.39 is 4.96 Å². The third-order valence-corrected chi connectivity index (χ3v) is 9.23. The van der Waals surface area contributed by atoms with Crippen molar-refractivity contribution in [2.75, 3.05) is 50.5 Å². The van der Waals surface area contributed by atoms with Crippen LogP contribution in [0.4, 0.5) is 16.2 Å². The standard InChI is InChI=1S/C37H49Cl2N5O2/c1-4-5-6-7-14-23-40-37(46)41-33-20-19-31(42(2)3)26-32(33)35(45)44(36(38)39)27-28-21-24-43(25-22-28)34(29-15-10-8-11-16-29)30-17-12-9-13-18-30/h8-13,15-20,26,28,34,36H,4-7,14,21-25,27H2,1-3H3,(H2,40,41,46). The highest BCUT2D eigenvalue weighted by atomic mass is 35.5. The SMILES string of the molecule is CCCCCCCNC(=O)Nc1ccc(N(C)C)cc1C(=O)N(CC1CCN(C(c2ccccc2)c2ccccc2)CC1)C(Cl)Cl. The molecule has 0 spiro atoms. The normalized spacial score (nSPS) is 14.0. The number of carbonyl (C=O) groups is 2. The van der Waals surface area contributed by atoms with Gasteiger partial charge in [-0.05, 0) is 67.6 Å². The van der Waals surface area contributed by atoms with Gasteiger partial charge in [0, 0.05) is 32.9 Å². The monoisotopic (exact) mass is 665 g/mol. The molecule has 3 aromatic rings. The Morgan fingerprint density at radius 3 is 2.04 bits per heavy atom. The van der Waals surface area contributed by atoms with Crippen LogP contribution in [0.25, 0.3) is 0 Å². The number of hydrogen-bond acceptors (Lipinski definition) is 4. The third kappa shape index (κ3) is 10.1. The van der Waals surface area contributed by atoms with E-state index in [4.69, 9.17) is 23.2 Å². The number of nitrogens with one attached hydrogen (secondary N) is 2. The minimum atomic E-state index is -1.03. The Labute approximate surface area is 285 Å². The van der Waals surface area contributed by atoms with Gasteiger partial charge in [-0.2, -0.15) is 0 Å². The van der Waals surface area contributed by atoms with E-state index in [-0.39, 0.29) is 23.9 Å². The first-order valence-corrected chi connectivity index (χ1v) is 17.4. The second-order valence-corrected chi connectivity index (χ2v) is 13.4. The Morgan fingerprint density at radius 1 is 0.870 bits per heavy atom. The van der Waals surface area contributed by atoms with Crippen molar-refractivity contribution in [1.29, 1.82) is 0 Å². The van der Waals surface area contributed by atoms with E-state index in [9.17, 15) is 9.59 Å². The Morgan fingerprint density at radius 2 is 1.48 bits per heavy atom. The number of nitrogens with zero attached hydrogens (tertiary/aromatic N) is 3. The maximum Gasteiger partial charge on any atom is 0.319 e. The molecule has 0 radical (unpaired) electrons. The molecule has 1 fully saturated rings. The number of anilines is 2. The maximum atomic E-state index is 14.1. The van der Waals surface area contributed by atoms with Crippen LogP contribution in [0.2, 0.25) is 0 Å². The van der Waals surface area contributed by atoms with Gasteiger partial charge in [-0.25, -0.2) is 4.79 Å². The lowest BCUT2D eigenvalue weighted by atomic mass is 9.91. The van der Waals surface area contributed by atoms with Crippen LogP contribution < -0.4 is 15.5 Å². The summed E-state index contributed by atoms with van der Waals surface area (Å²) in [5.74, 6) is -0.0701. The maximum absolute atomic E-state index is 14.1. The molecule has 3 amide bonds. The van der Waals surface area contributed by atoms with Crippen LogP contribution in [0.1, 0.15) is 79.4 Å². The lowest BCUT2D eigenvalue weighted by molar-refractivity contribution is 0.0694. The number of carbonyl (C=O) groups excluding carboxylic acids is 2. The van der Waals surface area contributed by atoms with Crippen LogP contribution in [-0.2, 0) is 0 Å². The molecule has 1 aliphatic rings. The zero-order valence-electron chi connectivity index (χ0n) is 27.4. The second-order valence-electron chi connectivity index (χ2n) is 12.4. The van der Waals surface area contributed by atoms with Crippen LogP contribution in [0.3, 0.4) is 0 Å². The zero-order chi connectivity index (χ0) is 32.9. The van der Waals surface area contributed by atoms with E-state index in [1.807, 2.05) is 25.1 Å². The van der Waals surface area contributed by atoms with Gasteiger partial charge in [0.05, 0.1) is 17.3 Å². The summed E-state index contributed by atoms with van der Waals surface area (Å²) in [4.78, 5) is 31.8. The number of rotatable bonds is 15. The summed E-state index contributed by atoms with van der Waals surface area (Å²) in [6, 6.07) is 26.5. The van der Waals surface area contributed by atoms with Crippen LogP contribution in [0.5, 0.6) is 0 Å². The fourth-order valence-electron chi connectivity index (χ4n) is 6.16. The van der Waals surface area contributed by atoms with Gasteiger partial charge in [0.1, 0.15) is 0 Å². The smallest absolute Gasteiger partial charge is 0.319 e. The Kier molecular flexibility index (Phi) is 14.1. The van der Waals surface area contributed by atoms with Crippen LogP contribution >= 0.6 is 23.2 Å². The average molecular weight is 667 g/mol. The topological polar surface area (TPSA) is 67.9 Å². The van der Waals surface area contributed by atoms with Gasteiger partial charge >= 0.3 is 6.03 Å². The minimum absolute atomic E-state index is 0.166. The molecule has 2 N–H and O–H groups in total. The largest absolute Gasteiger partial charge is 0.378 e. The van der Waals surface area contributed by atoms with E-state index in [2.05, 4.69) is 83.1 Å². The molecular formula is C37H49Cl2N5O2. The number of piperidine rings is 1. The van der Waals surface area contributed by atoms with Crippen molar-refractivity contribution in [3.05, 3.63) is 95.6 Å². The number of alkyl halides is 2. The lowest BCUT2D eigenvalue weighted by Gasteiger charge is -2.39. The summed E-state index contributed by atoms with van der Waals surface area (Å²) in [6.07, 6.45) is 7.36. The highest BCUT2D eigenvalue weighted by Crippen LogP contribution is 2.34. The first kappa shape index (κ1) is 35.6. The molecule has 0 bridgehead atoms. The summed E-state index contributed by atoms with van der Waals surface area (Å²) in [5.41, 5.74) is 4.17. The van der Waals surface area contributed by atoms with Crippen molar-refractivity contribution in [3.63, 3.8) is 0 Å². The molecule has 4 rings (SSSR count). The van der Waals surface area contributed by atoms with E-state index in [0.717, 1.165) is 50.9 Å². The molecule has 1 heterocycles. The van der Waals surface area contributed by atoms with Crippen molar-refractivity contribution in [2.24, 2.45) is 5.92 Å². The predicted molar refractivity (Wildman–Crippen MR) is 192 cm³/mol. The second kappa shape index (κ2) is 18.2. The number of likely N-dealkylation sites (tertiary alicyclic amines) is 1. The summed E-state index contributed by atoms with van der Waals surface area (Å²) < 4.78 is 0. The molecule has 9 heteroatoms. The summed E-state index contributed by atoms with van der Waals surface area (Å²) in [6.45, 7) is 4.97. The summed E-state index contributed by atoms with van der Waals surface area (Å²) in [7, 11) is 3.83. The first-order valence-electron chi connectivity index (χ1n) is 16.6. The molecule has 7 nitrogen and oxygen atoms in total. The number of hydrogen-bond donors (Lipinski definition) is 2. The van der Waals surface area contributed by atoms with Gasteiger partial charge in [-0.15, -0.1) is 0 Å². The molecule has 0 atom stereocenters. The van der Waals surface area contributed by atoms with Crippen molar-refractivity contribution in [3.8, 4) is 0 Å². The van der Waals surface area contributed by atoms with Crippen molar-refractivity contribution in [2.45, 2.75) is 62.9 Å². The van der Waals surface area contributed by atoms with E-state index in [1.54, 1.807) is 12.1 Å². The van der Waals surface area contributed by atoms with Gasteiger partial charge in [-0.3, -0.25) is 9.69 Å². The van der Waals surface area contributed by atoms with Gasteiger partial charge in [-0.1, -0.05) is 116 Å². The Balaban J connectivity index is 1.44. The Hall–Kier alpha value is -3.26. The zero-order valence-corrected chi connectivity index (χ0v) is 28.9. The quantitative estimate of drug-likeness (QED) is 0.0970. The molecular weight excluding hydrogens is 617 g/mol. The highest BCUT2D eigenvalue weighted by Gasteiger charge is 2.32. The van der Waals surface area contributed by atoms with E-state index in [1.165, 1.54) is 28.9 Å². The third-order valence-electron chi connectivity index (χ3n) is 8.76. The summed E-state index contributed by atoms with van der Waals surface area (Å²) in [5, 5.41) is 5.82. The van der Waals surface area contributed by atoms with Crippen LogP contribution in [0, 0.1) is 5.92 Å². The molecule has 1 aliphatic heterocycles. The Bertz CT molecular complexity index is 1330. The van der Waals surface area contributed by atoms with Crippen molar-refractivity contribution < 1.29 is 9.59 Å². The summed E-state index contributed by atoms with van der Waals surface area (Å²) >= 11 is 13.0. The fourth-order valence-corrected chi connectivity index (χ4v) is 6.49. The van der Waals surface area contributed by atoms with Gasteiger partial charge < -0.3 is 20.4 Å². The molecule has 0 unspecified atom stereocenters. The van der Waals surface area contributed by atoms with Crippen molar-refractivity contribution in [1.82, 2.24) is 15.1 Å². The van der Waals surface area contributed by atoms with Crippen LogP contribution in [-0.4, -0.2) is 67.0 Å². The number of halogens is 2. The van der Waals surface area contributed by atoms with Gasteiger partial charge in [0.25, 0.3) is 5.91 Å². The molecule has 248 valence electrons. The number of benzene rings is 3. The molecule has 0 aliphatic carbocycles. The molecule has 46 heavy (non-hydrogen) atoms. The van der Waals surface area contributed by atoms with Crippen molar-refractivity contribution >= 4 is 46.5 Å². The molecule has 0 aromatic heterocycles. The lowest BCUT2D eigenvalue weighted by Crippen LogP contribution is -2.43. The number of unbranched alkanes of at least 4 members (excludes halogenated alkanes) is 4. The highest BCUT2D eigenvalue weighted by molar-refractivity contribution is 6.44. The predicted octanol–water partition coefficient (Wildman–Crippen LogP) is 8.55. The number of amides is 3. The van der Waals surface area contributed by atoms with Gasteiger partial charge in [0.2, 0.25) is 0 Å². The van der Waals surface area contributed by atoms with E-state index in [0.29, 0.717) is 24.3 Å². The molecule has 0 saturated carbocycles. The van der Waals surface area contributed by atoms with Crippen LogP contribution in [0.15, 0.2) is 78.9 Å². The van der Waals surface area contributed by atoms with E-state index >= 15 is 0 Å². The first-order chi connectivity index (χ1) is 22.3. The van der Waals surface area contributed by atoms with Gasteiger partial charge in [0.15, 0.2) is 4.96 Å². The minimum Gasteiger partial charge on any atom is -0.378 e. The number of urea groups is 1. The fraction of sp³-hybridized carbons (Fsp3) is 0.459. The average Bonchev–Trinajstić information content (AvgIpc) is 3.06.